The Labute approximate surface area is 106 Å². The van der Waals surface area contributed by atoms with E-state index in [9.17, 15) is 0 Å². The van der Waals surface area contributed by atoms with Crippen LogP contribution in [0.5, 0.6) is 0 Å². The summed E-state index contributed by atoms with van der Waals surface area (Å²) in [5.74, 6) is 0. The van der Waals surface area contributed by atoms with Crippen molar-refractivity contribution in [3.05, 3.63) is 11.1 Å². The highest BCUT2D eigenvalue weighted by atomic mass is 16.5. The molecule has 1 saturated heterocycles. The van der Waals surface area contributed by atoms with E-state index >= 15 is 0 Å². The number of rotatable bonds is 0. The molecule has 0 radical (unpaired) electrons. The predicted octanol–water partition coefficient (Wildman–Crippen LogP) is 4.62. The number of hydrogen-bond acceptors (Lipinski definition) is 1. The normalized spacial score (nSPS) is 37.1. The van der Waals surface area contributed by atoms with E-state index in [-0.39, 0.29) is 5.60 Å². The van der Waals surface area contributed by atoms with Gasteiger partial charge in [0.2, 0.25) is 0 Å². The molecular weight excluding hydrogens is 208 g/mol. The first-order valence-corrected chi connectivity index (χ1v) is 7.47. The highest BCUT2D eigenvalue weighted by Crippen LogP contribution is 2.49. The molecule has 1 heterocycles. The van der Waals surface area contributed by atoms with Crippen LogP contribution in [0.4, 0.5) is 0 Å². The van der Waals surface area contributed by atoms with Crippen molar-refractivity contribution in [1.29, 1.82) is 0 Å². The average molecular weight is 234 g/mol. The summed E-state index contributed by atoms with van der Waals surface area (Å²) in [6, 6.07) is 0. The molecule has 17 heavy (non-hydrogen) atoms. The third kappa shape index (κ3) is 2.07. The molecule has 1 aliphatic heterocycles. The molecule has 1 spiro atoms. The molecule has 0 saturated carbocycles. The van der Waals surface area contributed by atoms with E-state index in [4.69, 9.17) is 4.74 Å². The van der Waals surface area contributed by atoms with Crippen molar-refractivity contribution in [2.24, 2.45) is 5.41 Å². The number of ether oxygens (including phenoxy) is 1. The predicted molar refractivity (Wildman–Crippen MR) is 71.0 cm³/mol. The second kappa shape index (κ2) is 4.12. The largest absolute Gasteiger partial charge is 0.375 e. The maximum atomic E-state index is 6.11. The van der Waals surface area contributed by atoms with Gasteiger partial charge in [-0.1, -0.05) is 25.0 Å². The van der Waals surface area contributed by atoms with Crippen molar-refractivity contribution in [2.75, 3.05) is 6.61 Å². The minimum Gasteiger partial charge on any atom is -0.375 e. The van der Waals surface area contributed by atoms with Crippen molar-refractivity contribution in [2.45, 2.75) is 77.2 Å². The molecule has 1 fully saturated rings. The summed E-state index contributed by atoms with van der Waals surface area (Å²) >= 11 is 0. The minimum atomic E-state index is 0.271. The Morgan fingerprint density at radius 2 is 1.71 bits per heavy atom. The Morgan fingerprint density at radius 3 is 2.47 bits per heavy atom. The van der Waals surface area contributed by atoms with Gasteiger partial charge >= 0.3 is 0 Å². The summed E-state index contributed by atoms with van der Waals surface area (Å²) in [5, 5.41) is 0. The third-order valence-corrected chi connectivity index (χ3v) is 5.42. The van der Waals surface area contributed by atoms with Crippen LogP contribution < -0.4 is 0 Å². The fourth-order valence-electron chi connectivity index (χ4n) is 4.32. The molecule has 1 unspecified atom stereocenters. The van der Waals surface area contributed by atoms with Gasteiger partial charge in [-0.3, -0.25) is 0 Å². The smallest absolute Gasteiger partial charge is 0.0689 e. The molecule has 0 aromatic carbocycles. The highest BCUT2D eigenvalue weighted by Gasteiger charge is 2.40. The molecular formula is C16H26O. The molecule has 1 atom stereocenters. The first-order valence-electron chi connectivity index (χ1n) is 7.47. The van der Waals surface area contributed by atoms with E-state index < -0.39 is 0 Å². The van der Waals surface area contributed by atoms with Crippen molar-refractivity contribution in [1.82, 2.24) is 0 Å². The molecule has 0 N–H and O–H groups in total. The van der Waals surface area contributed by atoms with E-state index in [1.807, 2.05) is 0 Å². The van der Waals surface area contributed by atoms with Gasteiger partial charge in [0.25, 0.3) is 0 Å². The Bertz CT molecular complexity index is 331. The van der Waals surface area contributed by atoms with Gasteiger partial charge in [-0.25, -0.2) is 0 Å². The third-order valence-electron chi connectivity index (χ3n) is 5.42. The monoisotopic (exact) mass is 234 g/mol. The van der Waals surface area contributed by atoms with Crippen molar-refractivity contribution < 1.29 is 4.74 Å². The fraction of sp³-hybridized carbons (Fsp3) is 0.875. The second-order valence-corrected chi connectivity index (χ2v) is 6.95. The molecule has 3 aliphatic rings. The van der Waals surface area contributed by atoms with Gasteiger partial charge < -0.3 is 4.74 Å². The standard InChI is InChI=1S/C16H26O/c1-15(2)8-3-5-13-6-10-16(9-4-12-17-16)11-7-14(13)15/h3-12H2,1-2H3. The van der Waals surface area contributed by atoms with Crippen LogP contribution in [-0.2, 0) is 4.74 Å². The molecule has 0 bridgehead atoms. The maximum Gasteiger partial charge on any atom is 0.0689 e. The second-order valence-electron chi connectivity index (χ2n) is 6.95. The summed E-state index contributed by atoms with van der Waals surface area (Å²) in [6.07, 6.45) is 12.0. The van der Waals surface area contributed by atoms with E-state index in [0.717, 1.165) is 6.61 Å². The van der Waals surface area contributed by atoms with Crippen LogP contribution in [0.15, 0.2) is 11.1 Å². The van der Waals surface area contributed by atoms with Crippen LogP contribution >= 0.6 is 0 Å². The molecule has 96 valence electrons. The fourth-order valence-corrected chi connectivity index (χ4v) is 4.32. The van der Waals surface area contributed by atoms with Crippen LogP contribution in [0.25, 0.3) is 0 Å². The summed E-state index contributed by atoms with van der Waals surface area (Å²) in [6.45, 7) is 5.91. The maximum absolute atomic E-state index is 6.11. The number of hydrogen-bond donors (Lipinski definition) is 0. The topological polar surface area (TPSA) is 9.23 Å². The lowest BCUT2D eigenvalue weighted by Crippen LogP contribution is -2.27. The van der Waals surface area contributed by atoms with Crippen LogP contribution in [0, 0.1) is 5.41 Å². The molecule has 1 nitrogen and oxygen atoms in total. The van der Waals surface area contributed by atoms with Crippen molar-refractivity contribution in [3.63, 3.8) is 0 Å². The zero-order valence-electron chi connectivity index (χ0n) is 11.5. The van der Waals surface area contributed by atoms with Gasteiger partial charge in [-0.05, 0) is 63.2 Å². The molecule has 0 aromatic heterocycles. The first-order chi connectivity index (χ1) is 8.11. The van der Waals surface area contributed by atoms with E-state index in [1.54, 1.807) is 11.1 Å². The van der Waals surface area contributed by atoms with Gasteiger partial charge in [0.15, 0.2) is 0 Å². The van der Waals surface area contributed by atoms with Crippen molar-refractivity contribution in [3.8, 4) is 0 Å². The lowest BCUT2D eigenvalue weighted by atomic mass is 9.71. The SMILES string of the molecule is CC1(C)CCCC2=C1CCC1(CCCO1)CC2. The lowest BCUT2D eigenvalue weighted by molar-refractivity contribution is -0.00763. The summed E-state index contributed by atoms with van der Waals surface area (Å²) < 4.78 is 6.11. The van der Waals surface area contributed by atoms with Crippen LogP contribution in [0.2, 0.25) is 0 Å². The van der Waals surface area contributed by atoms with E-state index in [0.29, 0.717) is 5.41 Å². The summed E-state index contributed by atoms with van der Waals surface area (Å²) in [7, 11) is 0. The number of allylic oxidation sites excluding steroid dienone is 2. The van der Waals surface area contributed by atoms with Gasteiger partial charge in [0.05, 0.1) is 5.60 Å². The summed E-state index contributed by atoms with van der Waals surface area (Å²) in [4.78, 5) is 0. The van der Waals surface area contributed by atoms with E-state index in [2.05, 4.69) is 13.8 Å². The Morgan fingerprint density at radius 1 is 0.882 bits per heavy atom. The molecule has 1 heteroatoms. The Kier molecular flexibility index (Phi) is 2.85. The van der Waals surface area contributed by atoms with Gasteiger partial charge in [-0.2, -0.15) is 0 Å². The first kappa shape index (κ1) is 11.8. The zero-order chi connectivity index (χ0) is 11.9. The summed E-state index contributed by atoms with van der Waals surface area (Å²) in [5.41, 5.74) is 4.34. The minimum absolute atomic E-state index is 0.271. The van der Waals surface area contributed by atoms with Crippen LogP contribution in [0.3, 0.4) is 0 Å². The Balaban J connectivity index is 1.82. The molecule has 3 rings (SSSR count). The molecule has 2 aliphatic carbocycles. The lowest BCUT2D eigenvalue weighted by Gasteiger charge is -2.35. The average Bonchev–Trinajstić information content (AvgIpc) is 2.64. The van der Waals surface area contributed by atoms with Gasteiger partial charge in [0, 0.05) is 6.61 Å². The van der Waals surface area contributed by atoms with Crippen LogP contribution in [-0.4, -0.2) is 12.2 Å². The molecule has 0 amide bonds. The highest BCUT2D eigenvalue weighted by molar-refractivity contribution is 5.26. The zero-order valence-corrected chi connectivity index (χ0v) is 11.5. The Hall–Kier alpha value is -0.300. The quantitative estimate of drug-likeness (QED) is 0.556. The van der Waals surface area contributed by atoms with Crippen LogP contribution in [0.1, 0.15) is 71.6 Å². The van der Waals surface area contributed by atoms with Gasteiger partial charge in [-0.15, -0.1) is 0 Å². The van der Waals surface area contributed by atoms with Crippen molar-refractivity contribution >= 4 is 0 Å². The molecule has 0 aromatic rings. The van der Waals surface area contributed by atoms with Gasteiger partial charge in [0.1, 0.15) is 0 Å². The van der Waals surface area contributed by atoms with E-state index in [1.165, 1.54) is 57.8 Å².